The molecule has 1 aliphatic heterocycles. The Morgan fingerprint density at radius 1 is 1.21 bits per heavy atom. The number of rotatable bonds is 4. The van der Waals surface area contributed by atoms with Gasteiger partial charge in [-0.25, -0.2) is 4.79 Å². The van der Waals surface area contributed by atoms with Crippen molar-refractivity contribution in [1.29, 1.82) is 0 Å². The van der Waals surface area contributed by atoms with Crippen molar-refractivity contribution >= 4 is 17.9 Å². The van der Waals surface area contributed by atoms with Gasteiger partial charge < -0.3 is 20.6 Å². The molecule has 106 valence electrons. The molecule has 1 aliphatic carbocycles. The van der Waals surface area contributed by atoms with Crippen LogP contribution < -0.4 is 10.6 Å². The summed E-state index contributed by atoms with van der Waals surface area (Å²) >= 11 is 0. The van der Waals surface area contributed by atoms with Crippen LogP contribution in [0.5, 0.6) is 0 Å². The molecule has 1 heterocycles. The molecule has 1 saturated carbocycles. The molecule has 3 N–H and O–H groups in total. The van der Waals surface area contributed by atoms with Crippen LogP contribution in [0.3, 0.4) is 0 Å². The van der Waals surface area contributed by atoms with Crippen LogP contribution in [-0.4, -0.2) is 53.6 Å². The van der Waals surface area contributed by atoms with E-state index in [1.165, 1.54) is 4.90 Å². The molecular weight excluding hydrogens is 250 g/mol. The zero-order valence-electron chi connectivity index (χ0n) is 10.7. The summed E-state index contributed by atoms with van der Waals surface area (Å²) in [6.07, 6.45) is 3.29. The van der Waals surface area contributed by atoms with E-state index in [4.69, 9.17) is 5.11 Å². The normalized spacial score (nSPS) is 22.7. The maximum atomic E-state index is 11.8. The van der Waals surface area contributed by atoms with Gasteiger partial charge in [0, 0.05) is 19.1 Å². The highest BCUT2D eigenvalue weighted by molar-refractivity contribution is 5.84. The third-order valence-corrected chi connectivity index (χ3v) is 3.40. The maximum Gasteiger partial charge on any atom is 0.317 e. The van der Waals surface area contributed by atoms with Gasteiger partial charge in [-0.1, -0.05) is 0 Å². The van der Waals surface area contributed by atoms with Gasteiger partial charge >= 0.3 is 12.0 Å². The van der Waals surface area contributed by atoms with Gasteiger partial charge in [-0.15, -0.1) is 0 Å². The van der Waals surface area contributed by atoms with Crippen LogP contribution in [0.2, 0.25) is 0 Å². The van der Waals surface area contributed by atoms with Crippen molar-refractivity contribution in [1.82, 2.24) is 15.5 Å². The fourth-order valence-electron chi connectivity index (χ4n) is 2.14. The average Bonchev–Trinajstić information content (AvgIpc) is 3.20. The van der Waals surface area contributed by atoms with E-state index in [2.05, 4.69) is 10.6 Å². The first-order chi connectivity index (χ1) is 9.06. The first kappa shape index (κ1) is 13.6. The Bertz CT molecular complexity index is 381. The number of hydrogen-bond donors (Lipinski definition) is 3. The third kappa shape index (κ3) is 4.11. The highest BCUT2D eigenvalue weighted by Gasteiger charge is 2.28. The molecule has 0 bridgehead atoms. The van der Waals surface area contributed by atoms with Gasteiger partial charge in [-0.3, -0.25) is 9.59 Å². The van der Waals surface area contributed by atoms with E-state index in [1.54, 1.807) is 0 Å². The minimum Gasteiger partial charge on any atom is -0.481 e. The molecule has 0 radical (unpaired) electrons. The lowest BCUT2D eigenvalue weighted by atomic mass is 9.99. The first-order valence-corrected chi connectivity index (χ1v) is 6.61. The second-order valence-corrected chi connectivity index (χ2v) is 5.12. The first-order valence-electron chi connectivity index (χ1n) is 6.61. The van der Waals surface area contributed by atoms with Gasteiger partial charge in [0.15, 0.2) is 0 Å². The van der Waals surface area contributed by atoms with Crippen LogP contribution in [0.1, 0.15) is 25.7 Å². The summed E-state index contributed by atoms with van der Waals surface area (Å²) in [7, 11) is 0. The van der Waals surface area contributed by atoms with E-state index in [9.17, 15) is 14.4 Å². The number of piperidine rings is 1. The Balaban J connectivity index is 1.72. The van der Waals surface area contributed by atoms with Crippen LogP contribution >= 0.6 is 0 Å². The summed E-state index contributed by atoms with van der Waals surface area (Å²) in [5.41, 5.74) is 0. The van der Waals surface area contributed by atoms with Crippen LogP contribution in [0.15, 0.2) is 0 Å². The van der Waals surface area contributed by atoms with Gasteiger partial charge in [0.1, 0.15) is 0 Å². The molecule has 7 nitrogen and oxygen atoms in total. The molecule has 0 aromatic rings. The average molecular weight is 269 g/mol. The molecule has 2 rings (SSSR count). The molecule has 3 amide bonds. The van der Waals surface area contributed by atoms with Crippen LogP contribution in [0.4, 0.5) is 4.79 Å². The van der Waals surface area contributed by atoms with Crippen molar-refractivity contribution < 1.29 is 19.5 Å². The number of amides is 3. The number of hydrogen-bond acceptors (Lipinski definition) is 3. The van der Waals surface area contributed by atoms with Crippen molar-refractivity contribution in [2.75, 3.05) is 19.6 Å². The Labute approximate surface area is 111 Å². The number of carbonyl (C=O) groups excluding carboxylic acids is 2. The number of aliphatic carboxylic acids is 1. The summed E-state index contributed by atoms with van der Waals surface area (Å²) < 4.78 is 0. The predicted octanol–water partition coefficient (Wildman–Crippen LogP) is -0.229. The molecule has 1 atom stereocenters. The lowest BCUT2D eigenvalue weighted by Crippen LogP contribution is -2.49. The zero-order chi connectivity index (χ0) is 13.8. The summed E-state index contributed by atoms with van der Waals surface area (Å²) in [5, 5.41) is 14.2. The summed E-state index contributed by atoms with van der Waals surface area (Å²) in [5.74, 6) is -1.56. The molecule has 0 unspecified atom stereocenters. The fraction of sp³-hybridized carbons (Fsp3) is 0.750. The lowest BCUT2D eigenvalue weighted by Gasteiger charge is -2.30. The Hall–Kier alpha value is -1.79. The van der Waals surface area contributed by atoms with E-state index < -0.39 is 11.9 Å². The third-order valence-electron chi connectivity index (χ3n) is 3.40. The van der Waals surface area contributed by atoms with Crippen LogP contribution in [0.25, 0.3) is 0 Å². The van der Waals surface area contributed by atoms with Gasteiger partial charge in [0.2, 0.25) is 5.91 Å². The van der Waals surface area contributed by atoms with E-state index >= 15 is 0 Å². The Morgan fingerprint density at radius 3 is 2.58 bits per heavy atom. The molecule has 0 spiro atoms. The Kier molecular flexibility index (Phi) is 4.24. The molecule has 2 aliphatic rings. The van der Waals surface area contributed by atoms with Gasteiger partial charge in [-0.2, -0.15) is 0 Å². The quantitative estimate of drug-likeness (QED) is 0.656. The maximum absolute atomic E-state index is 11.8. The van der Waals surface area contributed by atoms with Gasteiger partial charge in [0.05, 0.1) is 12.5 Å². The van der Waals surface area contributed by atoms with Crippen LogP contribution in [-0.2, 0) is 9.59 Å². The van der Waals surface area contributed by atoms with Crippen molar-refractivity contribution in [3.8, 4) is 0 Å². The number of carbonyl (C=O) groups is 3. The second-order valence-electron chi connectivity index (χ2n) is 5.12. The molecule has 2 fully saturated rings. The summed E-state index contributed by atoms with van der Waals surface area (Å²) in [6.45, 7) is 0.703. The number of likely N-dealkylation sites (tertiary alicyclic amines) is 1. The molecule has 0 aromatic heterocycles. The Morgan fingerprint density at radius 2 is 1.95 bits per heavy atom. The predicted molar refractivity (Wildman–Crippen MR) is 66.5 cm³/mol. The number of carboxylic acid groups (broad SMARTS) is 1. The molecule has 19 heavy (non-hydrogen) atoms. The van der Waals surface area contributed by atoms with Crippen molar-refractivity contribution in [3.63, 3.8) is 0 Å². The molecule has 0 aromatic carbocycles. The number of carboxylic acids is 1. The standard InChI is InChI=1S/C12H19N3O4/c16-10(14-9-3-4-9)6-13-12(19)15-5-1-2-8(7-15)11(17)18/h8-9H,1-7H2,(H,13,19)(H,14,16)(H,17,18)/t8-/m1/s1. The number of nitrogens with one attached hydrogen (secondary N) is 2. The SMILES string of the molecule is O=C(CNC(=O)N1CCC[C@@H](C(=O)O)C1)NC1CC1. The smallest absolute Gasteiger partial charge is 0.317 e. The van der Waals surface area contributed by atoms with Crippen LogP contribution in [0, 0.1) is 5.92 Å². The largest absolute Gasteiger partial charge is 0.481 e. The van der Waals surface area contributed by atoms with E-state index in [0.717, 1.165) is 12.8 Å². The monoisotopic (exact) mass is 269 g/mol. The minimum absolute atomic E-state index is 0.0520. The zero-order valence-corrected chi connectivity index (χ0v) is 10.7. The number of urea groups is 1. The highest BCUT2D eigenvalue weighted by Crippen LogP contribution is 2.18. The number of nitrogens with zero attached hydrogens (tertiary/aromatic N) is 1. The molecule has 7 heteroatoms. The van der Waals surface area contributed by atoms with Crippen molar-refractivity contribution in [2.45, 2.75) is 31.7 Å². The summed E-state index contributed by atoms with van der Waals surface area (Å²) in [6, 6.07) is -0.0901. The topological polar surface area (TPSA) is 98.7 Å². The minimum atomic E-state index is -0.871. The highest BCUT2D eigenvalue weighted by atomic mass is 16.4. The van der Waals surface area contributed by atoms with E-state index in [-0.39, 0.29) is 31.1 Å². The van der Waals surface area contributed by atoms with Gasteiger partial charge in [0.25, 0.3) is 0 Å². The van der Waals surface area contributed by atoms with Crippen molar-refractivity contribution in [3.05, 3.63) is 0 Å². The van der Waals surface area contributed by atoms with E-state index in [1.807, 2.05) is 0 Å². The van der Waals surface area contributed by atoms with Gasteiger partial charge in [-0.05, 0) is 25.7 Å². The molecule has 1 saturated heterocycles. The molecular formula is C12H19N3O4. The summed E-state index contributed by atoms with van der Waals surface area (Å²) in [4.78, 5) is 35.6. The lowest BCUT2D eigenvalue weighted by molar-refractivity contribution is -0.143. The second kappa shape index (κ2) is 5.90. The van der Waals surface area contributed by atoms with E-state index in [0.29, 0.717) is 19.4 Å². The fourth-order valence-corrected chi connectivity index (χ4v) is 2.14. The van der Waals surface area contributed by atoms with Crippen molar-refractivity contribution in [2.24, 2.45) is 5.92 Å².